The van der Waals surface area contributed by atoms with E-state index in [-0.39, 0.29) is 0 Å². The zero-order valence-corrected chi connectivity index (χ0v) is 9.72. The van der Waals surface area contributed by atoms with Crippen molar-refractivity contribution in [3.8, 4) is 0 Å². The van der Waals surface area contributed by atoms with Crippen molar-refractivity contribution >= 4 is 0 Å². The molecule has 0 aromatic heterocycles. The summed E-state index contributed by atoms with van der Waals surface area (Å²) in [4.78, 5) is 0. The van der Waals surface area contributed by atoms with Crippen molar-refractivity contribution in [2.24, 2.45) is 40.4 Å². The Balaban J connectivity index is 1.68. The van der Waals surface area contributed by atoms with Gasteiger partial charge in [0.05, 0.1) is 0 Å². The van der Waals surface area contributed by atoms with E-state index >= 15 is 0 Å². The smallest absolute Gasteiger partial charge is 0.0286 e. The highest BCUT2D eigenvalue weighted by Crippen LogP contribution is 2.79. The van der Waals surface area contributed by atoms with Gasteiger partial charge in [0.25, 0.3) is 0 Å². The second kappa shape index (κ2) is 1.95. The van der Waals surface area contributed by atoms with E-state index in [1.165, 1.54) is 17.8 Å². The molecular weight excluding hydrogens is 168 g/mol. The van der Waals surface area contributed by atoms with E-state index in [0.717, 1.165) is 17.3 Å². The molecule has 0 nitrogen and oxygen atoms in total. The van der Waals surface area contributed by atoms with Crippen molar-refractivity contribution in [1.82, 2.24) is 0 Å². The molecule has 0 saturated heterocycles. The molecule has 78 valence electrons. The maximum absolute atomic E-state index is 2.55. The molecule has 0 aromatic carbocycles. The highest BCUT2D eigenvalue weighted by atomic mass is 14.8. The van der Waals surface area contributed by atoms with Gasteiger partial charge < -0.3 is 0 Å². The first kappa shape index (κ1) is 8.19. The third kappa shape index (κ3) is 0.686. The Kier molecular flexibility index (Phi) is 1.14. The predicted octanol–water partition coefficient (Wildman–Crippen LogP) is 3.71. The predicted molar refractivity (Wildman–Crippen MR) is 57.8 cm³/mol. The fraction of sp³-hybridized carbons (Fsp3) is 1.00. The lowest BCUT2D eigenvalue weighted by Gasteiger charge is -2.64. The number of hydrogen-bond acceptors (Lipinski definition) is 0. The third-order valence-electron chi connectivity index (χ3n) is 6.36. The summed E-state index contributed by atoms with van der Waals surface area (Å²) in [5.74, 6) is 5.83. The zero-order valence-electron chi connectivity index (χ0n) is 9.72. The third-order valence-corrected chi connectivity index (χ3v) is 6.36. The van der Waals surface area contributed by atoms with Gasteiger partial charge in [0.15, 0.2) is 0 Å². The standard InChI is InChI=1S/C14H22/c1-13(2)4-8-9(5-13)11-7-14(3)6-10(8)12(11)14/h8-12H,4-7H2,1-3H3. The number of rotatable bonds is 0. The topological polar surface area (TPSA) is 0 Å². The van der Waals surface area contributed by atoms with E-state index in [2.05, 4.69) is 20.8 Å². The summed E-state index contributed by atoms with van der Waals surface area (Å²) in [6.07, 6.45) is 6.27. The van der Waals surface area contributed by atoms with Gasteiger partial charge in [-0.3, -0.25) is 0 Å². The van der Waals surface area contributed by atoms with Gasteiger partial charge in [-0.2, -0.15) is 0 Å². The van der Waals surface area contributed by atoms with Gasteiger partial charge in [0.2, 0.25) is 0 Å². The van der Waals surface area contributed by atoms with E-state index in [1.807, 2.05) is 0 Å². The quantitative estimate of drug-likeness (QED) is 0.546. The summed E-state index contributed by atoms with van der Waals surface area (Å²) >= 11 is 0. The average Bonchev–Trinajstić information content (AvgIpc) is 2.40. The molecule has 4 aliphatic carbocycles. The van der Waals surface area contributed by atoms with Crippen LogP contribution in [0.15, 0.2) is 0 Å². The van der Waals surface area contributed by atoms with Crippen LogP contribution in [0.5, 0.6) is 0 Å². The molecule has 4 saturated carbocycles. The molecule has 4 unspecified atom stereocenters. The Bertz CT molecular complexity index is 277. The minimum Gasteiger partial charge on any atom is -0.0599 e. The lowest BCUT2D eigenvalue weighted by molar-refractivity contribution is -0.149. The van der Waals surface area contributed by atoms with Crippen LogP contribution in [0.25, 0.3) is 0 Å². The largest absolute Gasteiger partial charge is 0.0599 e. The molecule has 0 N–H and O–H groups in total. The lowest BCUT2D eigenvalue weighted by Crippen LogP contribution is -2.56. The molecular formula is C14H22. The zero-order chi connectivity index (χ0) is 9.72. The number of fused-ring (bicyclic) bond motifs is 3. The van der Waals surface area contributed by atoms with Crippen LogP contribution >= 0.6 is 0 Å². The van der Waals surface area contributed by atoms with Gasteiger partial charge in [0.1, 0.15) is 0 Å². The number of hydrogen-bond donors (Lipinski definition) is 0. The fourth-order valence-corrected chi connectivity index (χ4v) is 6.15. The second-order valence-corrected chi connectivity index (χ2v) is 7.82. The minimum absolute atomic E-state index is 0.682. The normalized spacial score (nSPS) is 66.6. The van der Waals surface area contributed by atoms with E-state index in [1.54, 1.807) is 25.7 Å². The molecule has 0 heterocycles. The van der Waals surface area contributed by atoms with Crippen LogP contribution in [0.4, 0.5) is 0 Å². The maximum atomic E-state index is 2.55. The van der Waals surface area contributed by atoms with Crippen LogP contribution < -0.4 is 0 Å². The average molecular weight is 190 g/mol. The van der Waals surface area contributed by atoms with Gasteiger partial charge in [0, 0.05) is 0 Å². The SMILES string of the molecule is CC1(C)CC2C(C1)C1CC3(C)CC2C13. The molecule has 0 aliphatic heterocycles. The van der Waals surface area contributed by atoms with Crippen LogP contribution in [-0.4, -0.2) is 0 Å². The monoisotopic (exact) mass is 190 g/mol. The highest BCUT2D eigenvalue weighted by molar-refractivity contribution is 5.21. The Morgan fingerprint density at radius 2 is 1.21 bits per heavy atom. The first-order valence-corrected chi connectivity index (χ1v) is 6.50. The van der Waals surface area contributed by atoms with Crippen LogP contribution in [0.1, 0.15) is 46.5 Å². The van der Waals surface area contributed by atoms with E-state index in [4.69, 9.17) is 0 Å². The molecule has 0 aromatic rings. The molecule has 0 radical (unpaired) electrons. The Morgan fingerprint density at radius 3 is 1.64 bits per heavy atom. The molecule has 0 heteroatoms. The molecule has 4 atom stereocenters. The molecule has 14 heavy (non-hydrogen) atoms. The summed E-state index contributed by atoms with van der Waals surface area (Å²) in [5, 5.41) is 0. The van der Waals surface area contributed by atoms with Crippen LogP contribution in [0.2, 0.25) is 0 Å². The minimum atomic E-state index is 0.682. The van der Waals surface area contributed by atoms with Gasteiger partial charge in [-0.25, -0.2) is 0 Å². The Hall–Kier alpha value is 0. The molecule has 4 aliphatic rings. The molecule has 4 fully saturated rings. The van der Waals surface area contributed by atoms with Gasteiger partial charge in [-0.1, -0.05) is 20.8 Å². The van der Waals surface area contributed by atoms with Crippen LogP contribution in [0.3, 0.4) is 0 Å². The Morgan fingerprint density at radius 1 is 0.714 bits per heavy atom. The van der Waals surface area contributed by atoms with E-state index < -0.39 is 0 Å². The van der Waals surface area contributed by atoms with E-state index in [0.29, 0.717) is 5.41 Å². The molecule has 0 amide bonds. The summed E-state index contributed by atoms with van der Waals surface area (Å²) in [6, 6.07) is 0. The van der Waals surface area contributed by atoms with Crippen molar-refractivity contribution in [3.05, 3.63) is 0 Å². The van der Waals surface area contributed by atoms with Crippen molar-refractivity contribution < 1.29 is 0 Å². The summed E-state index contributed by atoms with van der Waals surface area (Å²) in [7, 11) is 0. The van der Waals surface area contributed by atoms with E-state index in [9.17, 15) is 0 Å². The highest BCUT2D eigenvalue weighted by Gasteiger charge is 2.72. The maximum Gasteiger partial charge on any atom is -0.0286 e. The van der Waals surface area contributed by atoms with Crippen molar-refractivity contribution in [2.75, 3.05) is 0 Å². The molecule has 4 rings (SSSR count). The van der Waals surface area contributed by atoms with Crippen molar-refractivity contribution in [2.45, 2.75) is 46.5 Å². The van der Waals surface area contributed by atoms with Gasteiger partial charge >= 0.3 is 0 Å². The van der Waals surface area contributed by atoms with Crippen molar-refractivity contribution in [1.29, 1.82) is 0 Å². The summed E-state index contributed by atoms with van der Waals surface area (Å²) in [5.41, 5.74) is 1.52. The van der Waals surface area contributed by atoms with Crippen LogP contribution in [0, 0.1) is 40.4 Å². The fourth-order valence-electron chi connectivity index (χ4n) is 6.15. The lowest BCUT2D eigenvalue weighted by atomic mass is 9.41. The van der Waals surface area contributed by atoms with Crippen molar-refractivity contribution in [3.63, 3.8) is 0 Å². The first-order valence-electron chi connectivity index (χ1n) is 6.50. The second-order valence-electron chi connectivity index (χ2n) is 7.82. The summed E-state index contributed by atoms with van der Waals surface area (Å²) in [6.45, 7) is 7.55. The first-order chi connectivity index (χ1) is 6.50. The van der Waals surface area contributed by atoms with Gasteiger partial charge in [-0.05, 0) is 66.1 Å². The summed E-state index contributed by atoms with van der Waals surface area (Å²) < 4.78 is 0. The molecule has 0 spiro atoms. The Labute approximate surface area is 87.5 Å². The molecule has 0 bridgehead atoms. The van der Waals surface area contributed by atoms with Gasteiger partial charge in [-0.15, -0.1) is 0 Å². The van der Waals surface area contributed by atoms with Crippen LogP contribution in [-0.2, 0) is 0 Å².